The molecule has 0 bridgehead atoms. The Bertz CT molecular complexity index is 744. The summed E-state index contributed by atoms with van der Waals surface area (Å²) in [4.78, 5) is 26.1. The quantitative estimate of drug-likeness (QED) is 0.717. The van der Waals surface area contributed by atoms with Gasteiger partial charge >= 0.3 is 0 Å². The van der Waals surface area contributed by atoms with Crippen LogP contribution in [0.25, 0.3) is 0 Å². The maximum Gasteiger partial charge on any atom is 0.251 e. The van der Waals surface area contributed by atoms with Crippen molar-refractivity contribution in [3.05, 3.63) is 65.2 Å². The lowest BCUT2D eigenvalue weighted by molar-refractivity contribution is -0.120. The van der Waals surface area contributed by atoms with Crippen LogP contribution >= 0.6 is 0 Å². The number of nitrogens with zero attached hydrogens (tertiary/aromatic N) is 1. The largest absolute Gasteiger partial charge is 0.375 e. The van der Waals surface area contributed by atoms with Crippen LogP contribution in [0.3, 0.4) is 0 Å². The van der Waals surface area contributed by atoms with E-state index in [2.05, 4.69) is 27.7 Å². The van der Waals surface area contributed by atoms with Crippen LogP contribution in [0.2, 0.25) is 0 Å². The van der Waals surface area contributed by atoms with Crippen molar-refractivity contribution in [1.82, 2.24) is 10.6 Å². The van der Waals surface area contributed by atoms with Crippen molar-refractivity contribution in [2.24, 2.45) is 0 Å². The molecule has 0 spiro atoms. The number of hydrogen-bond donors (Lipinski definition) is 2. The number of carbonyl (C=O) groups is 2. The van der Waals surface area contributed by atoms with Crippen molar-refractivity contribution in [2.75, 3.05) is 31.6 Å². The summed E-state index contributed by atoms with van der Waals surface area (Å²) in [6.45, 7) is 5.38. The number of hydrogen-bond acceptors (Lipinski definition) is 3. The number of amides is 2. The molecule has 0 heterocycles. The van der Waals surface area contributed by atoms with Gasteiger partial charge in [0, 0.05) is 31.4 Å². The Hall–Kier alpha value is -2.82. The number of benzene rings is 2. The average molecular weight is 353 g/mol. The molecule has 2 amide bonds. The van der Waals surface area contributed by atoms with E-state index < -0.39 is 0 Å². The van der Waals surface area contributed by atoms with E-state index in [-0.39, 0.29) is 18.4 Å². The molecule has 0 aliphatic rings. The highest BCUT2D eigenvalue weighted by molar-refractivity contribution is 5.96. The van der Waals surface area contributed by atoms with Gasteiger partial charge in [-0.05, 0) is 55.7 Å². The van der Waals surface area contributed by atoms with Gasteiger partial charge in [-0.15, -0.1) is 0 Å². The first-order valence-corrected chi connectivity index (χ1v) is 8.85. The smallest absolute Gasteiger partial charge is 0.251 e. The standard InChI is InChI=1S/C21H27N3O2/c1-16-10-11-18(14-17(16)2)21(26)23-15-20(25)22-12-7-13-24(3)19-8-5-4-6-9-19/h4-6,8-11,14H,7,12-13,15H2,1-3H3,(H,22,25)(H,23,26). The van der Waals surface area contributed by atoms with Crippen molar-refractivity contribution in [3.63, 3.8) is 0 Å². The minimum atomic E-state index is -0.230. The highest BCUT2D eigenvalue weighted by atomic mass is 16.2. The van der Waals surface area contributed by atoms with Gasteiger partial charge in [0.2, 0.25) is 5.91 Å². The van der Waals surface area contributed by atoms with Crippen molar-refractivity contribution >= 4 is 17.5 Å². The molecule has 0 fully saturated rings. The van der Waals surface area contributed by atoms with Crippen molar-refractivity contribution < 1.29 is 9.59 Å². The first-order valence-electron chi connectivity index (χ1n) is 8.85. The molecular weight excluding hydrogens is 326 g/mol. The molecule has 2 rings (SSSR count). The lowest BCUT2D eigenvalue weighted by Gasteiger charge is -2.19. The summed E-state index contributed by atoms with van der Waals surface area (Å²) in [5, 5.41) is 5.50. The predicted molar refractivity (Wildman–Crippen MR) is 106 cm³/mol. The molecule has 5 nitrogen and oxygen atoms in total. The van der Waals surface area contributed by atoms with E-state index >= 15 is 0 Å². The molecule has 2 N–H and O–H groups in total. The summed E-state index contributed by atoms with van der Waals surface area (Å²) >= 11 is 0. The van der Waals surface area contributed by atoms with E-state index in [1.165, 1.54) is 0 Å². The Labute approximate surface area is 155 Å². The molecule has 138 valence electrons. The fourth-order valence-corrected chi connectivity index (χ4v) is 2.56. The zero-order valence-electron chi connectivity index (χ0n) is 15.7. The van der Waals surface area contributed by atoms with Crippen LogP contribution in [-0.4, -0.2) is 38.5 Å². The minimum absolute atomic E-state index is 0.0136. The van der Waals surface area contributed by atoms with Crippen molar-refractivity contribution in [1.29, 1.82) is 0 Å². The Morgan fingerprint density at radius 1 is 0.962 bits per heavy atom. The van der Waals surface area contributed by atoms with Gasteiger partial charge in [0.05, 0.1) is 6.54 Å². The molecule has 5 heteroatoms. The molecular formula is C21H27N3O2. The first kappa shape index (κ1) is 19.5. The van der Waals surface area contributed by atoms with Gasteiger partial charge in [-0.2, -0.15) is 0 Å². The Kier molecular flexibility index (Phi) is 7.21. The van der Waals surface area contributed by atoms with E-state index in [1.807, 2.05) is 51.2 Å². The number of rotatable bonds is 8. The van der Waals surface area contributed by atoms with Crippen LogP contribution < -0.4 is 15.5 Å². The highest BCUT2D eigenvalue weighted by Crippen LogP contribution is 2.11. The molecule has 0 aliphatic heterocycles. The second-order valence-electron chi connectivity index (χ2n) is 6.44. The minimum Gasteiger partial charge on any atom is -0.375 e. The molecule has 0 aliphatic carbocycles. The summed E-state index contributed by atoms with van der Waals surface area (Å²) in [5.41, 5.74) is 3.93. The summed E-state index contributed by atoms with van der Waals surface area (Å²) in [5.74, 6) is -0.406. The zero-order chi connectivity index (χ0) is 18.9. The Balaban J connectivity index is 1.65. The number of nitrogens with one attached hydrogen (secondary N) is 2. The van der Waals surface area contributed by atoms with E-state index in [9.17, 15) is 9.59 Å². The summed E-state index contributed by atoms with van der Waals surface area (Å²) in [6, 6.07) is 15.6. The summed E-state index contributed by atoms with van der Waals surface area (Å²) in [7, 11) is 2.03. The van der Waals surface area contributed by atoms with E-state index in [4.69, 9.17) is 0 Å². The third-order valence-corrected chi connectivity index (χ3v) is 4.37. The van der Waals surface area contributed by atoms with Gasteiger partial charge in [0.25, 0.3) is 5.91 Å². The second kappa shape index (κ2) is 9.61. The monoisotopic (exact) mass is 353 g/mol. The van der Waals surface area contributed by atoms with Gasteiger partial charge < -0.3 is 15.5 Å². The van der Waals surface area contributed by atoms with Crippen LogP contribution in [-0.2, 0) is 4.79 Å². The SMILES string of the molecule is Cc1ccc(C(=O)NCC(=O)NCCCN(C)c2ccccc2)cc1C. The molecule has 0 saturated carbocycles. The van der Waals surface area contributed by atoms with Crippen LogP contribution in [0.15, 0.2) is 48.5 Å². The molecule has 0 atom stereocenters. The number of para-hydroxylation sites is 1. The van der Waals surface area contributed by atoms with Crippen LogP contribution in [0.4, 0.5) is 5.69 Å². The molecule has 0 unspecified atom stereocenters. The van der Waals surface area contributed by atoms with E-state index in [1.54, 1.807) is 6.07 Å². The normalized spacial score (nSPS) is 10.3. The number of anilines is 1. The maximum atomic E-state index is 12.1. The molecule has 2 aromatic carbocycles. The fourth-order valence-electron chi connectivity index (χ4n) is 2.56. The summed E-state index contributed by atoms with van der Waals surface area (Å²) in [6.07, 6.45) is 0.836. The molecule has 26 heavy (non-hydrogen) atoms. The third-order valence-electron chi connectivity index (χ3n) is 4.37. The van der Waals surface area contributed by atoms with Crippen molar-refractivity contribution in [3.8, 4) is 0 Å². The first-order chi connectivity index (χ1) is 12.5. The lowest BCUT2D eigenvalue weighted by atomic mass is 10.1. The average Bonchev–Trinajstić information content (AvgIpc) is 2.66. The Morgan fingerprint density at radius 2 is 1.69 bits per heavy atom. The molecule has 2 aromatic rings. The van der Waals surface area contributed by atoms with Gasteiger partial charge in [-0.25, -0.2) is 0 Å². The van der Waals surface area contributed by atoms with Crippen LogP contribution in [0.5, 0.6) is 0 Å². The van der Waals surface area contributed by atoms with E-state index in [0.717, 1.165) is 29.8 Å². The fraction of sp³-hybridized carbons (Fsp3) is 0.333. The van der Waals surface area contributed by atoms with E-state index in [0.29, 0.717) is 12.1 Å². The Morgan fingerprint density at radius 3 is 2.38 bits per heavy atom. The zero-order valence-corrected chi connectivity index (χ0v) is 15.7. The van der Waals surface area contributed by atoms with Gasteiger partial charge in [0.15, 0.2) is 0 Å². The van der Waals surface area contributed by atoms with Gasteiger partial charge in [-0.1, -0.05) is 24.3 Å². The van der Waals surface area contributed by atoms with Crippen LogP contribution in [0, 0.1) is 13.8 Å². The van der Waals surface area contributed by atoms with Crippen molar-refractivity contribution in [2.45, 2.75) is 20.3 Å². The maximum absolute atomic E-state index is 12.1. The summed E-state index contributed by atoms with van der Waals surface area (Å²) < 4.78 is 0. The highest BCUT2D eigenvalue weighted by Gasteiger charge is 2.09. The number of carbonyl (C=O) groups excluding carboxylic acids is 2. The second-order valence-corrected chi connectivity index (χ2v) is 6.44. The third kappa shape index (κ3) is 5.92. The van der Waals surface area contributed by atoms with Gasteiger partial charge in [-0.3, -0.25) is 9.59 Å². The molecule has 0 aromatic heterocycles. The molecule has 0 saturated heterocycles. The van der Waals surface area contributed by atoms with Crippen LogP contribution in [0.1, 0.15) is 27.9 Å². The van der Waals surface area contributed by atoms with Gasteiger partial charge in [0.1, 0.15) is 0 Å². The number of aryl methyl sites for hydroxylation is 2. The topological polar surface area (TPSA) is 61.4 Å². The predicted octanol–water partition coefficient (Wildman–Crippen LogP) is 2.68. The molecule has 0 radical (unpaired) electrons. The lowest BCUT2D eigenvalue weighted by Crippen LogP contribution is -2.38.